The van der Waals surface area contributed by atoms with E-state index in [4.69, 9.17) is 9.47 Å². The second-order valence-corrected chi connectivity index (χ2v) is 2.61. The number of benzene rings is 1. The van der Waals surface area contributed by atoms with Gasteiger partial charge < -0.3 is 9.47 Å². The molecule has 3 nitrogen and oxygen atoms in total. The number of hydrogen-bond acceptors (Lipinski definition) is 2. The van der Waals surface area contributed by atoms with Gasteiger partial charge in [-0.05, 0) is 6.07 Å². The van der Waals surface area contributed by atoms with Gasteiger partial charge >= 0.3 is 0 Å². The molecule has 63 valence electrons. The lowest BCUT2D eigenvalue weighted by Crippen LogP contribution is -1.97. The first-order chi connectivity index (χ1) is 5.88. The smallest absolute Gasteiger partial charge is 0.187 e. The van der Waals surface area contributed by atoms with Gasteiger partial charge in [-0.3, -0.25) is 5.11 Å². The first-order valence-electron chi connectivity index (χ1n) is 3.87. The van der Waals surface area contributed by atoms with Gasteiger partial charge in [-0.15, -0.1) is 0 Å². The Labute approximate surface area is 70.5 Å². The largest absolute Gasteiger partial charge is 0.346 e. The van der Waals surface area contributed by atoms with E-state index >= 15 is 0 Å². The summed E-state index contributed by atoms with van der Waals surface area (Å²) in [5.41, 5.74) is 0.593. The molecule has 1 aromatic rings. The van der Waals surface area contributed by atoms with Crippen LogP contribution in [0.4, 0.5) is 0 Å². The summed E-state index contributed by atoms with van der Waals surface area (Å²) in [4.78, 5) is 0. The van der Waals surface area contributed by atoms with Crippen molar-refractivity contribution < 1.29 is 14.6 Å². The van der Waals surface area contributed by atoms with E-state index in [-0.39, 0.29) is 5.75 Å². The maximum Gasteiger partial charge on any atom is 0.187 e. The molecule has 1 radical (unpaired) electrons. The second kappa shape index (κ2) is 3.13. The summed E-state index contributed by atoms with van der Waals surface area (Å²) in [7, 11) is 0. The minimum atomic E-state index is -0.446. The van der Waals surface area contributed by atoms with Crippen molar-refractivity contribution >= 4 is 0 Å². The van der Waals surface area contributed by atoms with Gasteiger partial charge in [0, 0.05) is 0 Å². The maximum atomic E-state index is 11.2. The first-order valence-corrected chi connectivity index (χ1v) is 3.87. The van der Waals surface area contributed by atoms with Gasteiger partial charge in [-0.1, -0.05) is 18.2 Å². The lowest BCUT2D eigenvalue weighted by Gasteiger charge is -2.08. The van der Waals surface area contributed by atoms with E-state index in [1.54, 1.807) is 12.1 Å². The summed E-state index contributed by atoms with van der Waals surface area (Å²) in [5, 5.41) is 11.2. The highest BCUT2D eigenvalue weighted by atomic mass is 16.7. The van der Waals surface area contributed by atoms with Crippen LogP contribution in [0, 0.1) is 0 Å². The highest BCUT2D eigenvalue weighted by Crippen LogP contribution is 2.30. The van der Waals surface area contributed by atoms with Crippen LogP contribution >= 0.6 is 0 Å². The molecule has 1 aromatic carbocycles. The molecule has 0 atom stereocenters. The molecule has 0 aliphatic carbocycles. The molecule has 0 aromatic heterocycles. The summed E-state index contributed by atoms with van der Waals surface area (Å²) < 4.78 is 10.4. The van der Waals surface area contributed by atoms with Crippen molar-refractivity contribution in [3.63, 3.8) is 0 Å². The van der Waals surface area contributed by atoms with Crippen molar-refractivity contribution in [2.45, 2.75) is 6.29 Å². The molecule has 1 saturated heterocycles. The van der Waals surface area contributed by atoms with Gasteiger partial charge in [0.15, 0.2) is 12.0 Å². The van der Waals surface area contributed by atoms with Crippen LogP contribution in [-0.2, 0) is 14.6 Å². The normalized spacial score (nSPS) is 18.3. The van der Waals surface area contributed by atoms with Gasteiger partial charge in [0.25, 0.3) is 0 Å². The number of ether oxygens (including phenoxy) is 2. The monoisotopic (exact) mass is 165 g/mol. The maximum absolute atomic E-state index is 11.2. The summed E-state index contributed by atoms with van der Waals surface area (Å²) in [6.07, 6.45) is -0.446. The zero-order chi connectivity index (χ0) is 8.39. The van der Waals surface area contributed by atoms with Gasteiger partial charge in [-0.2, -0.15) is 0 Å². The summed E-state index contributed by atoms with van der Waals surface area (Å²) in [5.74, 6) is -0.0237. The van der Waals surface area contributed by atoms with Crippen molar-refractivity contribution in [2.24, 2.45) is 0 Å². The number of rotatable bonds is 1. The molecule has 2 rings (SSSR count). The van der Waals surface area contributed by atoms with E-state index in [1.165, 1.54) is 6.07 Å². The predicted molar refractivity (Wildman–Crippen MR) is 41.2 cm³/mol. The molecule has 12 heavy (non-hydrogen) atoms. The van der Waals surface area contributed by atoms with Crippen LogP contribution < -0.4 is 0 Å². The Hall–Kier alpha value is -1.06. The lowest BCUT2D eigenvalue weighted by atomic mass is 10.2. The topological polar surface area (TPSA) is 38.4 Å². The predicted octanol–water partition coefficient (Wildman–Crippen LogP) is 1.88. The standard InChI is InChI=1S/C9H9O3/c10-8-4-2-1-3-7(8)9-11-5-6-12-9/h1-4,9H,5-6H2. The van der Waals surface area contributed by atoms with Crippen LogP contribution in [-0.4, -0.2) is 13.2 Å². The van der Waals surface area contributed by atoms with Gasteiger partial charge in [0.05, 0.1) is 18.8 Å². The fourth-order valence-corrected chi connectivity index (χ4v) is 1.21. The third-order valence-electron chi connectivity index (χ3n) is 1.79. The molecule has 0 bridgehead atoms. The second-order valence-electron chi connectivity index (χ2n) is 2.61. The van der Waals surface area contributed by atoms with E-state index < -0.39 is 6.29 Å². The molecule has 0 unspecified atom stereocenters. The van der Waals surface area contributed by atoms with E-state index in [1.807, 2.05) is 6.07 Å². The van der Waals surface area contributed by atoms with Crippen LogP contribution in [0.5, 0.6) is 5.75 Å². The van der Waals surface area contributed by atoms with Gasteiger partial charge in [0.2, 0.25) is 0 Å². The number of para-hydroxylation sites is 1. The average molecular weight is 165 g/mol. The highest BCUT2D eigenvalue weighted by Gasteiger charge is 2.21. The van der Waals surface area contributed by atoms with Crippen LogP contribution in [0.1, 0.15) is 11.9 Å². The zero-order valence-electron chi connectivity index (χ0n) is 6.53. The summed E-state index contributed by atoms with van der Waals surface area (Å²) in [6.45, 7) is 1.14. The molecule has 3 heteroatoms. The van der Waals surface area contributed by atoms with E-state index in [0.29, 0.717) is 18.8 Å². The lowest BCUT2D eigenvalue weighted by molar-refractivity contribution is -0.0460. The Morgan fingerprint density at radius 1 is 1.17 bits per heavy atom. The highest BCUT2D eigenvalue weighted by molar-refractivity contribution is 5.32. The van der Waals surface area contributed by atoms with Gasteiger partial charge in [-0.25, -0.2) is 0 Å². The van der Waals surface area contributed by atoms with Crippen LogP contribution in [0.2, 0.25) is 0 Å². The molecular formula is C9H9O3. The molecule has 1 aliphatic rings. The van der Waals surface area contributed by atoms with Crippen molar-refractivity contribution in [1.82, 2.24) is 0 Å². The molecule has 0 amide bonds. The van der Waals surface area contributed by atoms with Crippen LogP contribution in [0.25, 0.3) is 0 Å². The molecular weight excluding hydrogens is 156 g/mol. The average Bonchev–Trinajstić information content (AvgIpc) is 2.57. The molecule has 0 spiro atoms. The van der Waals surface area contributed by atoms with Crippen molar-refractivity contribution in [3.05, 3.63) is 29.8 Å². The quantitative estimate of drug-likeness (QED) is 0.637. The minimum Gasteiger partial charge on any atom is -0.346 e. The summed E-state index contributed by atoms with van der Waals surface area (Å²) >= 11 is 0. The van der Waals surface area contributed by atoms with Crippen molar-refractivity contribution in [3.8, 4) is 5.75 Å². The molecule has 0 saturated carbocycles. The third kappa shape index (κ3) is 1.29. The Bertz CT molecular complexity index is 266. The fourth-order valence-electron chi connectivity index (χ4n) is 1.21. The Morgan fingerprint density at radius 3 is 2.50 bits per heavy atom. The zero-order valence-corrected chi connectivity index (χ0v) is 6.53. The Morgan fingerprint density at radius 2 is 1.83 bits per heavy atom. The summed E-state index contributed by atoms with van der Waals surface area (Å²) in [6, 6.07) is 6.77. The van der Waals surface area contributed by atoms with Crippen molar-refractivity contribution in [1.29, 1.82) is 0 Å². The molecule has 1 fully saturated rings. The molecule has 1 heterocycles. The fraction of sp³-hybridized carbons (Fsp3) is 0.333. The molecule has 0 N–H and O–H groups in total. The van der Waals surface area contributed by atoms with Crippen LogP contribution in [0.3, 0.4) is 0 Å². The van der Waals surface area contributed by atoms with E-state index in [0.717, 1.165) is 0 Å². The van der Waals surface area contributed by atoms with E-state index in [9.17, 15) is 5.11 Å². The van der Waals surface area contributed by atoms with Crippen molar-refractivity contribution in [2.75, 3.05) is 13.2 Å². The number of hydrogen-bond donors (Lipinski definition) is 0. The minimum absolute atomic E-state index is 0.0237. The molecule has 1 aliphatic heterocycles. The Balaban J connectivity index is 2.26. The van der Waals surface area contributed by atoms with E-state index in [2.05, 4.69) is 0 Å². The van der Waals surface area contributed by atoms with Crippen LogP contribution in [0.15, 0.2) is 24.3 Å². The first kappa shape index (κ1) is 7.58. The van der Waals surface area contributed by atoms with Gasteiger partial charge in [0.1, 0.15) is 0 Å². The SMILES string of the molecule is [O]c1ccccc1C1OCCO1. The Kier molecular flexibility index (Phi) is 1.98. The third-order valence-corrected chi connectivity index (χ3v) is 1.79.